The number of hydrogen-bond acceptors (Lipinski definition) is 7. The number of aromatic nitrogens is 4. The van der Waals surface area contributed by atoms with E-state index >= 15 is 0 Å². The molecule has 0 aliphatic heterocycles. The number of nitrogens with zero attached hydrogens (tertiary/aromatic N) is 4. The fraction of sp³-hybridized carbons (Fsp3) is 0.250. The quantitative estimate of drug-likeness (QED) is 0.244. The van der Waals surface area contributed by atoms with E-state index in [0.29, 0.717) is 35.9 Å². The highest BCUT2D eigenvalue weighted by atomic mass is 16.5. The molecule has 8 heteroatoms. The molecule has 1 fully saturated rings. The van der Waals surface area contributed by atoms with Crippen molar-refractivity contribution in [2.75, 3.05) is 6.61 Å². The highest BCUT2D eigenvalue weighted by molar-refractivity contribution is 5.87. The average Bonchev–Trinajstić information content (AvgIpc) is 3.52. The zero-order valence-corrected chi connectivity index (χ0v) is 22.4. The van der Waals surface area contributed by atoms with Gasteiger partial charge in [-0.15, -0.1) is 5.10 Å². The molecule has 1 aliphatic carbocycles. The van der Waals surface area contributed by atoms with Gasteiger partial charge >= 0.3 is 5.97 Å². The summed E-state index contributed by atoms with van der Waals surface area (Å²) in [6.45, 7) is 4.59. The molecule has 2 heterocycles. The van der Waals surface area contributed by atoms with Crippen LogP contribution in [0, 0.1) is 6.92 Å². The van der Waals surface area contributed by atoms with Crippen LogP contribution in [0.2, 0.25) is 0 Å². The van der Waals surface area contributed by atoms with Crippen molar-refractivity contribution in [2.24, 2.45) is 0 Å². The van der Waals surface area contributed by atoms with Crippen molar-refractivity contribution in [1.29, 1.82) is 0 Å². The number of hydrogen-bond donors (Lipinski definition) is 1. The molecule has 0 saturated heterocycles. The Balaban J connectivity index is 1.20. The van der Waals surface area contributed by atoms with Crippen LogP contribution in [0.5, 0.6) is 0 Å². The van der Waals surface area contributed by atoms with Crippen LogP contribution in [0.1, 0.15) is 53.9 Å². The summed E-state index contributed by atoms with van der Waals surface area (Å²) in [5, 5.41) is 23.8. The Bertz CT molecular complexity index is 1620. The van der Waals surface area contributed by atoms with Crippen molar-refractivity contribution in [3.8, 4) is 22.5 Å². The molecule has 0 radical (unpaired) electrons. The third kappa shape index (κ3) is 4.82. The average molecular weight is 535 g/mol. The smallest absolute Gasteiger partial charge is 0.316 e. The first-order chi connectivity index (χ1) is 19.5. The molecular formula is C32H30N4O4. The van der Waals surface area contributed by atoms with E-state index in [1.807, 2.05) is 85.8 Å². The summed E-state index contributed by atoms with van der Waals surface area (Å²) in [5.74, 6) is 0.362. The van der Waals surface area contributed by atoms with Gasteiger partial charge in [-0.25, -0.2) is 4.68 Å². The van der Waals surface area contributed by atoms with Gasteiger partial charge < -0.3 is 14.4 Å². The Morgan fingerprint density at radius 3 is 2.30 bits per heavy atom. The van der Waals surface area contributed by atoms with Gasteiger partial charge in [0, 0.05) is 5.56 Å². The molecule has 40 heavy (non-hydrogen) atoms. The zero-order valence-electron chi connectivity index (χ0n) is 22.4. The molecule has 1 aliphatic rings. The molecule has 0 spiro atoms. The van der Waals surface area contributed by atoms with Gasteiger partial charge in [0.15, 0.2) is 5.76 Å². The van der Waals surface area contributed by atoms with Gasteiger partial charge in [0.1, 0.15) is 11.8 Å². The predicted molar refractivity (Wildman–Crippen MR) is 149 cm³/mol. The Hall–Kier alpha value is -4.56. The van der Waals surface area contributed by atoms with Crippen molar-refractivity contribution in [1.82, 2.24) is 20.2 Å². The Morgan fingerprint density at radius 1 is 1.00 bits per heavy atom. The number of carbonyl (C=O) groups is 1. The molecule has 1 atom stereocenters. The highest BCUT2D eigenvalue weighted by Gasteiger charge is 2.52. The number of aliphatic hydroxyl groups is 1. The minimum absolute atomic E-state index is 0.133. The molecule has 0 bridgehead atoms. The van der Waals surface area contributed by atoms with Crippen LogP contribution < -0.4 is 0 Å². The number of carbonyl (C=O) groups excluding carboxylic acids is 1. The fourth-order valence-electron chi connectivity index (χ4n) is 5.14. The second-order valence-electron chi connectivity index (χ2n) is 10.2. The number of aryl methyl sites for hydroxylation is 1. The lowest BCUT2D eigenvalue weighted by molar-refractivity contribution is -0.146. The predicted octanol–water partition coefficient (Wildman–Crippen LogP) is 5.63. The van der Waals surface area contributed by atoms with E-state index < -0.39 is 11.5 Å². The summed E-state index contributed by atoms with van der Waals surface area (Å²) < 4.78 is 12.7. The van der Waals surface area contributed by atoms with E-state index in [2.05, 4.69) is 15.5 Å². The third-order valence-corrected chi connectivity index (χ3v) is 7.54. The molecule has 3 aromatic carbocycles. The Labute approximate surface area is 232 Å². The second-order valence-corrected chi connectivity index (χ2v) is 10.2. The van der Waals surface area contributed by atoms with E-state index in [0.717, 1.165) is 40.7 Å². The second kappa shape index (κ2) is 10.5. The first-order valence-electron chi connectivity index (χ1n) is 13.5. The maximum atomic E-state index is 12.4. The molecule has 0 amide bonds. The maximum Gasteiger partial charge on any atom is 0.316 e. The van der Waals surface area contributed by atoms with Crippen molar-refractivity contribution in [2.45, 2.75) is 44.8 Å². The number of aliphatic hydroxyl groups excluding tert-OH is 1. The van der Waals surface area contributed by atoms with Crippen LogP contribution in [0.3, 0.4) is 0 Å². The van der Waals surface area contributed by atoms with Crippen molar-refractivity contribution < 1.29 is 19.2 Å². The van der Waals surface area contributed by atoms with E-state index in [1.165, 1.54) is 0 Å². The van der Waals surface area contributed by atoms with Crippen LogP contribution in [0.25, 0.3) is 22.5 Å². The standard InChI is InChI=1S/C32H30N4O4/c1-3-39-31(38)32(17-18-32)26-15-13-24(14-16-26)23-9-11-25(12-10-23)30-28(21(2)34-40-30)29(37)27-20-36(35-33-27)19-22-7-5-4-6-8-22/h4-16,20,29,37H,3,17-19H2,1-2H3. The molecule has 1 N–H and O–H groups in total. The van der Waals surface area contributed by atoms with Gasteiger partial charge in [-0.1, -0.05) is 89.2 Å². The summed E-state index contributed by atoms with van der Waals surface area (Å²) in [6, 6.07) is 26.0. The number of rotatable bonds is 9. The summed E-state index contributed by atoms with van der Waals surface area (Å²) in [5.41, 5.74) is 6.07. The van der Waals surface area contributed by atoms with Crippen LogP contribution in [0.15, 0.2) is 89.6 Å². The summed E-state index contributed by atoms with van der Waals surface area (Å²) in [4.78, 5) is 12.4. The van der Waals surface area contributed by atoms with Gasteiger partial charge in [-0.05, 0) is 48.9 Å². The first kappa shape index (κ1) is 25.7. The van der Waals surface area contributed by atoms with Crippen molar-refractivity contribution in [3.63, 3.8) is 0 Å². The molecule has 1 unspecified atom stereocenters. The molecule has 8 nitrogen and oxygen atoms in total. The van der Waals surface area contributed by atoms with Crippen LogP contribution in [-0.4, -0.2) is 37.8 Å². The molecule has 5 aromatic rings. The minimum atomic E-state index is -1.04. The van der Waals surface area contributed by atoms with Crippen molar-refractivity contribution in [3.05, 3.63) is 113 Å². The molecule has 202 valence electrons. The lowest BCUT2D eigenvalue weighted by Crippen LogP contribution is -2.23. The van der Waals surface area contributed by atoms with Gasteiger partial charge in [-0.3, -0.25) is 4.79 Å². The molecular weight excluding hydrogens is 504 g/mol. The summed E-state index contributed by atoms with van der Waals surface area (Å²) in [6.07, 6.45) is 2.36. The zero-order chi connectivity index (χ0) is 27.7. The molecule has 1 saturated carbocycles. The minimum Gasteiger partial charge on any atom is -0.465 e. The summed E-state index contributed by atoms with van der Waals surface area (Å²) in [7, 11) is 0. The number of ether oxygens (including phenoxy) is 1. The van der Waals surface area contributed by atoms with E-state index in [9.17, 15) is 9.90 Å². The van der Waals surface area contributed by atoms with E-state index in [1.54, 1.807) is 17.8 Å². The lowest BCUT2D eigenvalue weighted by atomic mass is 9.93. The lowest BCUT2D eigenvalue weighted by Gasteiger charge is -2.14. The van der Waals surface area contributed by atoms with Gasteiger partial charge in [0.2, 0.25) is 0 Å². The van der Waals surface area contributed by atoms with Gasteiger partial charge in [-0.2, -0.15) is 0 Å². The maximum absolute atomic E-state index is 12.4. The normalized spacial score (nSPS) is 14.6. The van der Waals surface area contributed by atoms with Crippen LogP contribution in [0.4, 0.5) is 0 Å². The van der Waals surface area contributed by atoms with Crippen LogP contribution in [-0.2, 0) is 21.5 Å². The first-order valence-corrected chi connectivity index (χ1v) is 13.5. The summed E-state index contributed by atoms with van der Waals surface area (Å²) >= 11 is 0. The Morgan fingerprint density at radius 2 is 1.65 bits per heavy atom. The SMILES string of the molecule is CCOC(=O)C1(c2ccc(-c3ccc(-c4onc(C)c4C(O)c4cn(Cc5ccccc5)nn4)cc3)cc2)CC1. The van der Waals surface area contributed by atoms with E-state index in [4.69, 9.17) is 9.26 Å². The third-order valence-electron chi connectivity index (χ3n) is 7.54. The monoisotopic (exact) mass is 534 g/mol. The van der Waals surface area contributed by atoms with Gasteiger partial charge in [0.25, 0.3) is 0 Å². The molecule has 2 aromatic heterocycles. The fourth-order valence-corrected chi connectivity index (χ4v) is 5.14. The number of benzene rings is 3. The van der Waals surface area contributed by atoms with E-state index in [-0.39, 0.29) is 5.97 Å². The van der Waals surface area contributed by atoms with Crippen molar-refractivity contribution >= 4 is 5.97 Å². The molecule has 6 rings (SSSR count). The Kier molecular flexibility index (Phi) is 6.77. The topological polar surface area (TPSA) is 103 Å². The largest absolute Gasteiger partial charge is 0.465 e. The van der Waals surface area contributed by atoms with Crippen LogP contribution >= 0.6 is 0 Å². The van der Waals surface area contributed by atoms with Gasteiger partial charge in [0.05, 0.1) is 36.0 Å². The highest BCUT2D eigenvalue weighted by Crippen LogP contribution is 2.49. The number of esters is 1.